The van der Waals surface area contributed by atoms with Crippen molar-refractivity contribution in [2.45, 2.75) is 103 Å². The van der Waals surface area contributed by atoms with Crippen LogP contribution in [0.3, 0.4) is 0 Å². The van der Waals surface area contributed by atoms with Crippen LogP contribution in [0.1, 0.15) is 76.0 Å². The largest absolute Gasteiger partial charge is 0.411 e. The van der Waals surface area contributed by atoms with Crippen molar-refractivity contribution in [1.29, 1.82) is 0 Å². The second kappa shape index (κ2) is 6.68. The highest BCUT2D eigenvalue weighted by atomic mass is 28.4. The molecule has 6 atom stereocenters. The van der Waals surface area contributed by atoms with E-state index in [1.54, 1.807) is 11.1 Å². The molecule has 1 aromatic carbocycles. The molecule has 3 aliphatic carbocycles. The predicted molar refractivity (Wildman–Crippen MR) is 119 cm³/mol. The molecule has 2 fully saturated rings. The Kier molecular flexibility index (Phi) is 4.92. The lowest BCUT2D eigenvalue weighted by Crippen LogP contribution is -2.48. The van der Waals surface area contributed by atoms with Crippen LogP contribution >= 0.6 is 0 Å². The fourth-order valence-corrected chi connectivity index (χ4v) is 7.68. The van der Waals surface area contributed by atoms with E-state index in [-0.39, 0.29) is 22.7 Å². The zero-order valence-corrected chi connectivity index (χ0v) is 20.0. The van der Waals surface area contributed by atoms with E-state index in [9.17, 15) is 5.11 Å². The summed E-state index contributed by atoms with van der Waals surface area (Å²) in [7, 11) is -1.88. The van der Waals surface area contributed by atoms with Gasteiger partial charge in [-0.1, -0.05) is 51.5 Å². The Balaban J connectivity index is 1.60. The predicted octanol–water partition coefficient (Wildman–Crippen LogP) is 6.21. The third-order valence-electron chi connectivity index (χ3n) is 9.09. The monoisotopic (exact) mass is 400 g/mol. The lowest BCUT2D eigenvalue weighted by Gasteiger charge is -2.50. The number of aliphatic hydroxyl groups is 1. The van der Waals surface area contributed by atoms with Crippen molar-refractivity contribution in [2.75, 3.05) is 0 Å². The van der Waals surface area contributed by atoms with E-state index in [0.717, 1.165) is 12.8 Å². The van der Waals surface area contributed by atoms with Crippen LogP contribution in [0.15, 0.2) is 18.2 Å². The molecule has 2 nitrogen and oxygen atoms in total. The molecule has 4 rings (SSSR count). The fraction of sp³-hybridized carbons (Fsp3) is 0.760. The van der Waals surface area contributed by atoms with Crippen LogP contribution in [0, 0.1) is 24.2 Å². The molecule has 3 unspecified atom stereocenters. The Bertz CT molecular complexity index is 749. The molecule has 0 spiro atoms. The summed E-state index contributed by atoms with van der Waals surface area (Å²) in [6.45, 7) is 16.1. The summed E-state index contributed by atoms with van der Waals surface area (Å²) in [5, 5.41) is 11.6. The molecule has 2 saturated carbocycles. The molecule has 1 aromatic rings. The van der Waals surface area contributed by atoms with E-state index in [2.05, 4.69) is 65.9 Å². The molecule has 0 aliphatic heterocycles. The van der Waals surface area contributed by atoms with Gasteiger partial charge in [-0.3, -0.25) is 0 Å². The molecule has 0 heterocycles. The number of hydrogen-bond donors (Lipinski definition) is 1. The van der Waals surface area contributed by atoms with Crippen LogP contribution in [0.25, 0.3) is 0 Å². The first-order chi connectivity index (χ1) is 12.9. The van der Waals surface area contributed by atoms with Gasteiger partial charge in [-0.25, -0.2) is 0 Å². The number of aryl methyl sites for hydroxylation is 2. The first-order valence-corrected chi connectivity index (χ1v) is 14.3. The van der Waals surface area contributed by atoms with Crippen molar-refractivity contribution in [3.63, 3.8) is 0 Å². The van der Waals surface area contributed by atoms with Gasteiger partial charge in [-0.05, 0) is 91.5 Å². The van der Waals surface area contributed by atoms with Gasteiger partial charge in [-0.15, -0.1) is 0 Å². The molecule has 0 amide bonds. The summed E-state index contributed by atoms with van der Waals surface area (Å²) in [6, 6.07) is 7.10. The minimum absolute atomic E-state index is 0.0223. The lowest BCUT2D eigenvalue weighted by atomic mass is 9.55. The highest BCUT2D eigenvalue weighted by Gasteiger charge is 2.59. The van der Waals surface area contributed by atoms with Crippen molar-refractivity contribution in [3.05, 3.63) is 34.9 Å². The van der Waals surface area contributed by atoms with E-state index >= 15 is 0 Å². The smallest absolute Gasteiger partial charge is 0.192 e. The normalized spacial score (nSPS) is 37.9. The Hall–Kier alpha value is -0.643. The highest BCUT2D eigenvalue weighted by Crippen LogP contribution is 2.61. The van der Waals surface area contributed by atoms with Gasteiger partial charge in [0.05, 0.1) is 12.2 Å². The van der Waals surface area contributed by atoms with Gasteiger partial charge < -0.3 is 9.53 Å². The van der Waals surface area contributed by atoms with Crippen LogP contribution in [-0.2, 0) is 10.8 Å². The zero-order valence-electron chi connectivity index (χ0n) is 19.0. The van der Waals surface area contributed by atoms with E-state index in [1.165, 1.54) is 24.8 Å². The average molecular weight is 401 g/mol. The van der Waals surface area contributed by atoms with Gasteiger partial charge in [0.15, 0.2) is 8.32 Å². The lowest BCUT2D eigenvalue weighted by molar-refractivity contribution is -0.0477. The number of fused-ring (bicyclic) bond motifs is 5. The second-order valence-corrected chi connectivity index (χ2v) is 16.5. The third-order valence-corrected chi connectivity index (χ3v) is 13.6. The summed E-state index contributed by atoms with van der Waals surface area (Å²) >= 11 is 0. The van der Waals surface area contributed by atoms with Gasteiger partial charge in [0.1, 0.15) is 0 Å². The summed E-state index contributed by atoms with van der Waals surface area (Å²) in [6.07, 6.45) is 5.59. The summed E-state index contributed by atoms with van der Waals surface area (Å²) in [5.74, 6) is 1.98. The van der Waals surface area contributed by atoms with Crippen LogP contribution in [0.5, 0.6) is 0 Å². The fourth-order valence-electron chi connectivity index (χ4n) is 6.34. The van der Waals surface area contributed by atoms with Crippen LogP contribution in [0.4, 0.5) is 0 Å². The maximum Gasteiger partial charge on any atom is 0.192 e. The molecule has 3 aliphatic rings. The average Bonchev–Trinajstić information content (AvgIpc) is 2.84. The Labute approximate surface area is 173 Å². The van der Waals surface area contributed by atoms with Crippen LogP contribution in [-0.4, -0.2) is 25.6 Å². The van der Waals surface area contributed by atoms with Crippen LogP contribution < -0.4 is 0 Å². The van der Waals surface area contributed by atoms with Gasteiger partial charge in [0.25, 0.3) is 0 Å². The SMILES string of the molecule is Cc1ccc2c(c1)CCC1C2CC[C@@]2(C)C1C[C@@H](O[Si](C)(C)C(C)(C)C)[C@@H]2O. The van der Waals surface area contributed by atoms with Crippen molar-refractivity contribution >= 4 is 8.32 Å². The Morgan fingerprint density at radius 2 is 1.89 bits per heavy atom. The first kappa shape index (κ1) is 20.6. The molecular weight excluding hydrogens is 360 g/mol. The van der Waals surface area contributed by atoms with E-state index < -0.39 is 8.32 Å². The number of rotatable bonds is 2. The molecule has 0 bridgehead atoms. The number of hydrogen-bond acceptors (Lipinski definition) is 2. The standard InChI is InChI=1S/C25H40O2Si/c1-16-8-10-18-17(14-16)9-11-20-19(18)12-13-25(5)21(20)15-22(23(25)26)27-28(6,7)24(2,3)4/h8,10,14,19-23,26H,9,11-13,15H2,1-7H3/t19?,20?,21?,22-,23+,25+/m1/s1. The second-order valence-electron chi connectivity index (χ2n) is 11.8. The maximum atomic E-state index is 11.4. The molecular formula is C25H40O2Si. The van der Waals surface area contributed by atoms with E-state index in [4.69, 9.17) is 4.43 Å². The Morgan fingerprint density at radius 1 is 1.18 bits per heavy atom. The van der Waals surface area contributed by atoms with E-state index in [1.807, 2.05) is 0 Å². The third kappa shape index (κ3) is 3.13. The van der Waals surface area contributed by atoms with Gasteiger partial charge in [0, 0.05) is 0 Å². The molecule has 0 aromatic heterocycles. The van der Waals surface area contributed by atoms with Crippen molar-refractivity contribution < 1.29 is 9.53 Å². The minimum Gasteiger partial charge on any atom is -0.411 e. The zero-order chi connectivity index (χ0) is 20.5. The molecule has 0 saturated heterocycles. The van der Waals surface area contributed by atoms with Gasteiger partial charge in [0.2, 0.25) is 0 Å². The van der Waals surface area contributed by atoms with Crippen molar-refractivity contribution in [3.8, 4) is 0 Å². The molecule has 1 N–H and O–H groups in total. The molecule has 3 heteroatoms. The number of benzene rings is 1. The quantitative estimate of drug-likeness (QED) is 0.598. The van der Waals surface area contributed by atoms with Gasteiger partial charge in [-0.2, -0.15) is 0 Å². The maximum absolute atomic E-state index is 11.4. The van der Waals surface area contributed by atoms with Crippen LogP contribution in [0.2, 0.25) is 18.1 Å². The van der Waals surface area contributed by atoms with Gasteiger partial charge >= 0.3 is 0 Å². The topological polar surface area (TPSA) is 29.5 Å². The Morgan fingerprint density at radius 3 is 2.57 bits per heavy atom. The minimum atomic E-state index is -1.88. The van der Waals surface area contributed by atoms with Crippen molar-refractivity contribution in [1.82, 2.24) is 0 Å². The summed E-state index contributed by atoms with van der Waals surface area (Å²) < 4.78 is 6.79. The summed E-state index contributed by atoms with van der Waals surface area (Å²) in [5.41, 5.74) is 4.60. The molecule has 156 valence electrons. The number of aliphatic hydroxyl groups excluding tert-OH is 1. The summed E-state index contributed by atoms with van der Waals surface area (Å²) in [4.78, 5) is 0. The van der Waals surface area contributed by atoms with E-state index in [0.29, 0.717) is 17.8 Å². The highest BCUT2D eigenvalue weighted by molar-refractivity contribution is 6.74. The van der Waals surface area contributed by atoms with Crippen molar-refractivity contribution in [2.24, 2.45) is 17.3 Å². The molecule has 0 radical (unpaired) electrons. The first-order valence-electron chi connectivity index (χ1n) is 11.4. The molecule has 28 heavy (non-hydrogen) atoms.